The molecule has 3 heterocycles. The van der Waals surface area contributed by atoms with Crippen molar-refractivity contribution in [2.24, 2.45) is 5.11 Å². The van der Waals surface area contributed by atoms with Crippen LogP contribution in [0, 0.1) is 0 Å². The lowest BCUT2D eigenvalue weighted by molar-refractivity contribution is -0.121. The highest BCUT2D eigenvalue weighted by Gasteiger charge is 2.18. The number of nitrogens with two attached hydrogens (primary N) is 1. The van der Waals surface area contributed by atoms with Gasteiger partial charge in [0, 0.05) is 48.5 Å². The molecule has 0 spiro atoms. The van der Waals surface area contributed by atoms with Crippen LogP contribution in [0.4, 0.5) is 5.82 Å². The first-order chi connectivity index (χ1) is 28.6. The van der Waals surface area contributed by atoms with E-state index in [1.54, 1.807) is 7.11 Å². The number of carbonyl (C=O) groups is 1. The van der Waals surface area contributed by atoms with Crippen molar-refractivity contribution < 1.29 is 47.4 Å². The molecule has 4 rings (SSSR count). The summed E-state index contributed by atoms with van der Waals surface area (Å²) in [6, 6.07) is 7.85. The predicted molar refractivity (Wildman–Crippen MR) is 216 cm³/mol. The van der Waals surface area contributed by atoms with Crippen molar-refractivity contribution in [3.05, 3.63) is 41.0 Å². The molecule has 0 fully saturated rings. The molecule has 0 unspecified atom stereocenters. The van der Waals surface area contributed by atoms with Crippen LogP contribution >= 0.6 is 0 Å². The minimum atomic E-state index is 0.000183. The molecule has 0 radical (unpaired) electrons. The summed E-state index contributed by atoms with van der Waals surface area (Å²) in [7, 11) is 1.64. The summed E-state index contributed by atoms with van der Waals surface area (Å²) in [4.78, 5) is 27.0. The molecule has 4 N–H and O–H groups in total. The number of ether oxygens (including phenoxy) is 9. The highest BCUT2D eigenvalue weighted by molar-refractivity contribution is 6.00. The van der Waals surface area contributed by atoms with Crippen LogP contribution in [-0.2, 0) is 49.2 Å². The number of anilines is 1. The number of H-pyrrole nitrogens is 1. The number of methoxy groups -OCH3 is 1. The second-order valence-electron chi connectivity index (χ2n) is 12.7. The summed E-state index contributed by atoms with van der Waals surface area (Å²) in [6.07, 6.45) is 4.05. The fourth-order valence-corrected chi connectivity index (χ4v) is 5.57. The minimum absolute atomic E-state index is 0.000183. The number of nitrogens with zero attached hydrogens (tertiary/aromatic N) is 7. The molecule has 0 atom stereocenters. The lowest BCUT2D eigenvalue weighted by Crippen LogP contribution is -2.24. The van der Waals surface area contributed by atoms with Crippen LogP contribution in [0.1, 0.15) is 25.7 Å². The second-order valence-corrected chi connectivity index (χ2v) is 12.7. The SMILES string of the molecule is COc1ccc2[nH]c(-c3nn(CCCCNC(=O)CCCOCCOCCOCCOCCOCCOCCOCCOCCN=[N+]=[N-])c4ncnc(N)c34)cc2c1. The van der Waals surface area contributed by atoms with Gasteiger partial charge in [0.2, 0.25) is 5.91 Å². The first-order valence-corrected chi connectivity index (χ1v) is 19.6. The van der Waals surface area contributed by atoms with Crippen LogP contribution in [0.15, 0.2) is 35.7 Å². The summed E-state index contributed by atoms with van der Waals surface area (Å²) in [6.45, 7) is 8.95. The van der Waals surface area contributed by atoms with Gasteiger partial charge in [0.25, 0.3) is 0 Å². The zero-order valence-electron chi connectivity index (χ0n) is 33.4. The maximum absolute atomic E-state index is 12.3. The van der Waals surface area contributed by atoms with Gasteiger partial charge in [-0.15, -0.1) is 0 Å². The number of unbranched alkanes of at least 4 members (excludes halogenated alkanes) is 1. The van der Waals surface area contributed by atoms with Gasteiger partial charge in [0.15, 0.2) is 5.65 Å². The first-order valence-electron chi connectivity index (χ1n) is 19.6. The van der Waals surface area contributed by atoms with E-state index >= 15 is 0 Å². The van der Waals surface area contributed by atoms with E-state index in [-0.39, 0.29) is 5.91 Å². The molecule has 320 valence electrons. The van der Waals surface area contributed by atoms with Crippen LogP contribution in [0.25, 0.3) is 43.8 Å². The Morgan fingerprint density at radius 1 is 0.793 bits per heavy atom. The third-order valence-corrected chi connectivity index (χ3v) is 8.46. The van der Waals surface area contributed by atoms with Crippen molar-refractivity contribution in [2.45, 2.75) is 32.2 Å². The number of rotatable bonds is 35. The number of nitrogen functional groups attached to an aromatic ring is 1. The molecule has 3 aromatic heterocycles. The zero-order valence-corrected chi connectivity index (χ0v) is 33.4. The Bertz CT molecular complexity index is 1790. The number of azide groups is 1. The standard InChI is InChI=1S/C38H58N10O10/c1-50-31-6-7-32-30(27-31)28-33(45-32)36-35-37(39)42-29-43-38(35)48(46-36)10-3-2-8-41-34(49)5-4-11-51-13-15-53-17-19-55-21-23-57-25-26-58-24-22-56-20-18-54-16-14-52-12-9-44-47-40/h6-7,27-29,45H,2-5,8-26H2,1H3,(H,41,49)(H2,39,42,43). The first kappa shape index (κ1) is 46.1. The number of aromatic amines is 1. The number of hydrogen-bond donors (Lipinski definition) is 3. The summed E-state index contributed by atoms with van der Waals surface area (Å²) in [5, 5.41) is 12.9. The van der Waals surface area contributed by atoms with E-state index in [4.69, 9.17) is 59.0 Å². The molecule has 1 aromatic carbocycles. The van der Waals surface area contributed by atoms with E-state index in [0.717, 1.165) is 35.2 Å². The predicted octanol–water partition coefficient (Wildman–Crippen LogP) is 3.69. The number of aryl methyl sites for hydroxylation is 1. The number of nitrogens with one attached hydrogen (secondary N) is 2. The van der Waals surface area contributed by atoms with Gasteiger partial charge in [-0.25, -0.2) is 14.6 Å². The van der Waals surface area contributed by atoms with Crippen LogP contribution in [0.5, 0.6) is 5.75 Å². The highest BCUT2D eigenvalue weighted by Crippen LogP contribution is 2.32. The topological polar surface area (TPSA) is 246 Å². The molecule has 58 heavy (non-hydrogen) atoms. The maximum Gasteiger partial charge on any atom is 0.220 e. The monoisotopic (exact) mass is 814 g/mol. The fourth-order valence-electron chi connectivity index (χ4n) is 5.57. The van der Waals surface area contributed by atoms with E-state index in [1.165, 1.54) is 6.33 Å². The van der Waals surface area contributed by atoms with E-state index < -0.39 is 0 Å². The molecule has 20 nitrogen and oxygen atoms in total. The number of hydrogen-bond acceptors (Lipinski definition) is 15. The summed E-state index contributed by atoms with van der Waals surface area (Å²) >= 11 is 0. The van der Waals surface area contributed by atoms with E-state index in [0.29, 0.717) is 161 Å². The van der Waals surface area contributed by atoms with Crippen LogP contribution in [0.2, 0.25) is 0 Å². The number of amides is 1. The third-order valence-electron chi connectivity index (χ3n) is 8.46. The van der Waals surface area contributed by atoms with Crippen molar-refractivity contribution in [1.29, 1.82) is 0 Å². The summed E-state index contributed by atoms with van der Waals surface area (Å²) in [5.74, 6) is 1.14. The van der Waals surface area contributed by atoms with Gasteiger partial charge in [-0.1, -0.05) is 5.11 Å². The molecule has 0 saturated carbocycles. The molecular formula is C38H58N10O10. The molecule has 1 amide bonds. The Morgan fingerprint density at radius 3 is 1.97 bits per heavy atom. The van der Waals surface area contributed by atoms with Gasteiger partial charge in [0.1, 0.15) is 23.6 Å². The van der Waals surface area contributed by atoms with Crippen molar-refractivity contribution in [3.63, 3.8) is 0 Å². The van der Waals surface area contributed by atoms with Gasteiger partial charge < -0.3 is 58.7 Å². The molecular weight excluding hydrogens is 756 g/mol. The van der Waals surface area contributed by atoms with Crippen molar-refractivity contribution >= 4 is 33.7 Å². The number of fused-ring (bicyclic) bond motifs is 2. The van der Waals surface area contributed by atoms with E-state index in [9.17, 15) is 4.79 Å². The average Bonchev–Trinajstić information content (AvgIpc) is 3.83. The van der Waals surface area contributed by atoms with Crippen molar-refractivity contribution in [3.8, 4) is 17.1 Å². The Morgan fingerprint density at radius 2 is 1.38 bits per heavy atom. The van der Waals surface area contributed by atoms with Gasteiger partial charge in [0.05, 0.1) is 117 Å². The Balaban J connectivity index is 0.899. The van der Waals surface area contributed by atoms with E-state index in [1.807, 2.05) is 28.9 Å². The third kappa shape index (κ3) is 17.5. The molecule has 0 aliphatic carbocycles. The number of carbonyl (C=O) groups excluding carboxylic acids is 1. The van der Waals surface area contributed by atoms with Crippen LogP contribution < -0.4 is 15.8 Å². The average molecular weight is 815 g/mol. The normalized spacial score (nSPS) is 11.4. The van der Waals surface area contributed by atoms with Crippen LogP contribution in [0.3, 0.4) is 0 Å². The van der Waals surface area contributed by atoms with Gasteiger partial charge in [-0.2, -0.15) is 5.10 Å². The van der Waals surface area contributed by atoms with Gasteiger partial charge in [-0.3, -0.25) is 4.79 Å². The van der Waals surface area contributed by atoms with Crippen molar-refractivity contribution in [1.82, 2.24) is 30.0 Å². The maximum atomic E-state index is 12.3. The summed E-state index contributed by atoms with van der Waals surface area (Å²) < 4.78 is 50.8. The Kier molecular flexibility index (Phi) is 22.8. The number of aromatic nitrogens is 5. The van der Waals surface area contributed by atoms with Gasteiger partial charge in [-0.05, 0) is 49.1 Å². The fraction of sp³-hybridized carbons (Fsp3) is 0.632. The lowest BCUT2D eigenvalue weighted by atomic mass is 10.2. The quantitative estimate of drug-likeness (QED) is 0.0260. The second kappa shape index (κ2) is 28.7. The molecule has 0 bridgehead atoms. The Hall–Kier alpha value is -4.63. The van der Waals surface area contributed by atoms with Crippen LogP contribution in [-0.4, -0.2) is 157 Å². The highest BCUT2D eigenvalue weighted by atomic mass is 16.6. The lowest BCUT2D eigenvalue weighted by Gasteiger charge is -2.09. The molecule has 0 aliphatic rings. The zero-order chi connectivity index (χ0) is 40.9. The minimum Gasteiger partial charge on any atom is -0.497 e. The summed E-state index contributed by atoms with van der Waals surface area (Å²) in [5.41, 5.74) is 17.6. The molecule has 20 heteroatoms. The van der Waals surface area contributed by atoms with Gasteiger partial charge >= 0.3 is 0 Å². The number of benzene rings is 1. The Labute approximate surface area is 337 Å². The molecule has 0 aliphatic heterocycles. The van der Waals surface area contributed by atoms with Crippen molar-refractivity contribution in [2.75, 3.05) is 132 Å². The molecule has 0 saturated heterocycles. The largest absolute Gasteiger partial charge is 0.497 e. The molecule has 4 aromatic rings. The smallest absolute Gasteiger partial charge is 0.220 e. The van der Waals surface area contributed by atoms with E-state index in [2.05, 4.69) is 30.3 Å².